The molecule has 0 radical (unpaired) electrons. The number of halogens is 2. The second-order valence-corrected chi connectivity index (χ2v) is 7.21. The maximum atomic E-state index is 5.91. The van der Waals surface area contributed by atoms with Crippen LogP contribution in [-0.2, 0) is 6.42 Å². The second-order valence-electron chi connectivity index (χ2n) is 6.78. The fourth-order valence-electron chi connectivity index (χ4n) is 3.10. The number of nitrogens with one attached hydrogen (secondary N) is 2. The Morgan fingerprint density at radius 3 is 2.44 bits per heavy atom. The van der Waals surface area contributed by atoms with E-state index < -0.39 is 0 Å². The Kier molecular flexibility index (Phi) is 10.8. The summed E-state index contributed by atoms with van der Waals surface area (Å²) < 4.78 is 0. The maximum absolute atomic E-state index is 5.91. The summed E-state index contributed by atoms with van der Waals surface area (Å²) in [4.78, 5) is 6.90. The highest BCUT2D eigenvalue weighted by atomic mass is 127. The fourth-order valence-corrected chi connectivity index (χ4v) is 3.22. The Morgan fingerprint density at radius 2 is 1.88 bits per heavy atom. The van der Waals surface area contributed by atoms with Crippen LogP contribution in [0.4, 0.5) is 0 Å². The molecule has 2 N–H and O–H groups in total. The molecule has 6 heteroatoms. The number of hydrogen-bond donors (Lipinski definition) is 2. The van der Waals surface area contributed by atoms with Gasteiger partial charge in [0.1, 0.15) is 0 Å². The van der Waals surface area contributed by atoms with Crippen molar-refractivity contribution in [2.24, 2.45) is 4.99 Å². The number of hydrogen-bond acceptors (Lipinski definition) is 2. The van der Waals surface area contributed by atoms with Crippen molar-refractivity contribution >= 4 is 41.5 Å². The lowest BCUT2D eigenvalue weighted by Crippen LogP contribution is -2.50. The topological polar surface area (TPSA) is 39.7 Å². The van der Waals surface area contributed by atoms with Gasteiger partial charge in [-0.25, -0.2) is 0 Å². The van der Waals surface area contributed by atoms with Crippen LogP contribution in [0.25, 0.3) is 0 Å². The number of piperidine rings is 1. The number of benzene rings is 1. The minimum atomic E-state index is 0. The van der Waals surface area contributed by atoms with Crippen molar-refractivity contribution in [1.29, 1.82) is 0 Å². The third kappa shape index (κ3) is 8.13. The molecule has 4 nitrogen and oxygen atoms in total. The fraction of sp³-hybridized carbons (Fsp3) is 0.632. The van der Waals surface area contributed by atoms with E-state index in [-0.39, 0.29) is 24.0 Å². The number of guanidine groups is 1. The smallest absolute Gasteiger partial charge is 0.191 e. The van der Waals surface area contributed by atoms with E-state index in [1.807, 2.05) is 19.2 Å². The summed E-state index contributed by atoms with van der Waals surface area (Å²) in [6, 6.07) is 9.28. The lowest BCUT2D eigenvalue weighted by atomic mass is 10.0. The number of nitrogens with zero attached hydrogens (tertiary/aromatic N) is 2. The molecule has 0 aromatic heterocycles. The highest BCUT2D eigenvalue weighted by molar-refractivity contribution is 14.0. The van der Waals surface area contributed by atoms with Crippen molar-refractivity contribution in [3.8, 4) is 0 Å². The standard InChI is InChI=1S/C19H31ClN4.HI/c1-15(2)24-13-10-18(11-14-24)23-19(21-3)22-12-4-5-16-6-8-17(20)9-7-16;/h6-9,15,18H,4-5,10-14H2,1-3H3,(H2,21,22,23);1H. The molecule has 1 fully saturated rings. The van der Waals surface area contributed by atoms with Crippen LogP contribution in [0.1, 0.15) is 38.7 Å². The monoisotopic (exact) mass is 478 g/mol. The minimum Gasteiger partial charge on any atom is -0.356 e. The predicted octanol–water partition coefficient (Wildman–Crippen LogP) is 3.93. The van der Waals surface area contributed by atoms with Crippen LogP contribution in [0.3, 0.4) is 0 Å². The highest BCUT2D eigenvalue weighted by Gasteiger charge is 2.21. The van der Waals surface area contributed by atoms with Gasteiger partial charge in [-0.3, -0.25) is 4.99 Å². The Hall–Kier alpha value is -0.530. The number of aryl methyl sites for hydroxylation is 1. The van der Waals surface area contributed by atoms with Gasteiger partial charge in [-0.15, -0.1) is 24.0 Å². The third-order valence-corrected chi connectivity index (χ3v) is 4.92. The zero-order valence-corrected chi connectivity index (χ0v) is 18.7. The quantitative estimate of drug-likeness (QED) is 0.282. The largest absolute Gasteiger partial charge is 0.356 e. The van der Waals surface area contributed by atoms with Gasteiger partial charge >= 0.3 is 0 Å². The summed E-state index contributed by atoms with van der Waals surface area (Å²) in [6.07, 6.45) is 4.50. The van der Waals surface area contributed by atoms with Gasteiger partial charge in [0.25, 0.3) is 0 Å². The van der Waals surface area contributed by atoms with Gasteiger partial charge in [-0.05, 0) is 57.2 Å². The van der Waals surface area contributed by atoms with Gasteiger partial charge in [-0.2, -0.15) is 0 Å². The summed E-state index contributed by atoms with van der Waals surface area (Å²) in [5.41, 5.74) is 1.32. The molecule has 1 aromatic carbocycles. The molecule has 2 rings (SSSR count). The number of rotatable bonds is 6. The number of likely N-dealkylation sites (tertiary alicyclic amines) is 1. The Bertz CT molecular complexity index is 511. The van der Waals surface area contributed by atoms with Gasteiger partial charge in [0.05, 0.1) is 0 Å². The van der Waals surface area contributed by atoms with Crippen molar-refractivity contribution < 1.29 is 0 Å². The molecule has 0 amide bonds. The molecule has 0 aliphatic carbocycles. The lowest BCUT2D eigenvalue weighted by Gasteiger charge is -2.35. The van der Waals surface area contributed by atoms with Gasteiger partial charge in [0.2, 0.25) is 0 Å². The van der Waals surface area contributed by atoms with Crippen LogP contribution in [0.15, 0.2) is 29.3 Å². The molecular weight excluding hydrogens is 447 g/mol. The first-order valence-corrected chi connectivity index (χ1v) is 9.42. The summed E-state index contributed by atoms with van der Waals surface area (Å²) in [5, 5.41) is 7.79. The van der Waals surface area contributed by atoms with Gasteiger partial charge in [0, 0.05) is 43.8 Å². The first-order valence-electron chi connectivity index (χ1n) is 9.04. The van der Waals surface area contributed by atoms with E-state index in [2.05, 4.69) is 46.5 Å². The molecule has 0 spiro atoms. The van der Waals surface area contributed by atoms with Crippen molar-refractivity contribution in [1.82, 2.24) is 15.5 Å². The zero-order valence-electron chi connectivity index (χ0n) is 15.6. The highest BCUT2D eigenvalue weighted by Crippen LogP contribution is 2.13. The molecule has 1 heterocycles. The summed E-state index contributed by atoms with van der Waals surface area (Å²) in [5.74, 6) is 0.925. The van der Waals surface area contributed by atoms with E-state index in [9.17, 15) is 0 Å². The van der Waals surface area contributed by atoms with E-state index in [4.69, 9.17) is 11.6 Å². The normalized spacial score (nSPS) is 16.6. The Labute approximate surface area is 174 Å². The predicted molar refractivity (Wildman–Crippen MR) is 119 cm³/mol. The molecule has 25 heavy (non-hydrogen) atoms. The molecular formula is C19H32ClIN4. The molecule has 1 aliphatic rings. The molecule has 0 bridgehead atoms. The second kappa shape index (κ2) is 12.0. The summed E-state index contributed by atoms with van der Waals surface area (Å²) >= 11 is 5.91. The van der Waals surface area contributed by atoms with Crippen molar-refractivity contribution in [2.45, 2.75) is 51.6 Å². The first kappa shape index (κ1) is 22.5. The molecule has 1 saturated heterocycles. The van der Waals surface area contributed by atoms with E-state index in [0.29, 0.717) is 12.1 Å². The van der Waals surface area contributed by atoms with Crippen molar-refractivity contribution in [2.75, 3.05) is 26.7 Å². The molecule has 0 saturated carbocycles. The Morgan fingerprint density at radius 1 is 1.24 bits per heavy atom. The van der Waals surface area contributed by atoms with Crippen molar-refractivity contribution in [3.05, 3.63) is 34.9 Å². The maximum Gasteiger partial charge on any atom is 0.191 e. The van der Waals surface area contributed by atoms with Crippen LogP contribution in [-0.4, -0.2) is 49.6 Å². The van der Waals surface area contributed by atoms with Crippen LogP contribution in [0.2, 0.25) is 5.02 Å². The molecule has 0 unspecified atom stereocenters. The van der Waals surface area contributed by atoms with Crippen LogP contribution < -0.4 is 10.6 Å². The number of aliphatic imine (C=N–C) groups is 1. The van der Waals surface area contributed by atoms with Gasteiger partial charge < -0.3 is 15.5 Å². The van der Waals surface area contributed by atoms with E-state index in [1.54, 1.807) is 0 Å². The minimum absolute atomic E-state index is 0. The summed E-state index contributed by atoms with van der Waals surface area (Å²) in [7, 11) is 1.85. The van der Waals surface area contributed by atoms with E-state index in [0.717, 1.165) is 30.4 Å². The summed E-state index contributed by atoms with van der Waals surface area (Å²) in [6.45, 7) is 7.81. The first-order chi connectivity index (χ1) is 11.6. The SMILES string of the molecule is CN=C(NCCCc1ccc(Cl)cc1)NC1CCN(C(C)C)CC1.I. The van der Waals surface area contributed by atoms with E-state index in [1.165, 1.54) is 31.5 Å². The van der Waals surface area contributed by atoms with Crippen molar-refractivity contribution in [3.63, 3.8) is 0 Å². The zero-order chi connectivity index (χ0) is 17.4. The van der Waals surface area contributed by atoms with Gasteiger partial charge in [0.15, 0.2) is 5.96 Å². The lowest BCUT2D eigenvalue weighted by molar-refractivity contribution is 0.167. The molecule has 1 aromatic rings. The van der Waals surface area contributed by atoms with Crippen LogP contribution in [0, 0.1) is 0 Å². The van der Waals surface area contributed by atoms with E-state index >= 15 is 0 Å². The third-order valence-electron chi connectivity index (χ3n) is 4.67. The molecule has 142 valence electrons. The Balaban J connectivity index is 0.00000312. The molecule has 1 aliphatic heterocycles. The van der Waals surface area contributed by atoms with Crippen LogP contribution >= 0.6 is 35.6 Å². The average Bonchev–Trinajstić information content (AvgIpc) is 2.59. The van der Waals surface area contributed by atoms with Gasteiger partial charge in [-0.1, -0.05) is 23.7 Å². The average molecular weight is 479 g/mol. The van der Waals surface area contributed by atoms with Crippen LogP contribution in [0.5, 0.6) is 0 Å². The molecule has 0 atom stereocenters.